The first-order chi connectivity index (χ1) is 11.0. The predicted molar refractivity (Wildman–Crippen MR) is 88.9 cm³/mol. The van der Waals surface area contributed by atoms with E-state index in [0.29, 0.717) is 43.6 Å². The molecule has 1 fully saturated rings. The molecule has 0 bridgehead atoms. The molecular weight excluding hydrogens is 294 g/mol. The Morgan fingerprint density at radius 3 is 2.74 bits per heavy atom. The first-order valence-corrected chi connectivity index (χ1v) is 7.70. The van der Waals surface area contributed by atoms with Gasteiger partial charge in [-0.25, -0.2) is 4.79 Å². The Hall–Kier alpha value is -2.55. The number of carbonyl (C=O) groups excluding carboxylic acids is 2. The molecule has 1 aromatic carbocycles. The van der Waals surface area contributed by atoms with E-state index in [2.05, 4.69) is 16.4 Å². The third-order valence-corrected chi connectivity index (χ3v) is 4.19. The number of ketones is 1. The Bertz CT molecular complexity index is 701. The molecule has 0 radical (unpaired) electrons. The number of urea groups is 1. The van der Waals surface area contributed by atoms with E-state index >= 15 is 0 Å². The summed E-state index contributed by atoms with van der Waals surface area (Å²) >= 11 is 0. The topological polar surface area (TPSA) is 76.8 Å². The number of rotatable bonds is 5. The van der Waals surface area contributed by atoms with Crippen molar-refractivity contribution in [2.45, 2.75) is 33.6 Å². The van der Waals surface area contributed by atoms with E-state index in [1.165, 1.54) is 0 Å². The van der Waals surface area contributed by atoms with Crippen molar-refractivity contribution in [1.29, 1.82) is 0 Å². The van der Waals surface area contributed by atoms with Gasteiger partial charge in [-0.2, -0.15) is 0 Å². The zero-order valence-corrected chi connectivity index (χ0v) is 13.7. The summed E-state index contributed by atoms with van der Waals surface area (Å²) in [6.07, 6.45) is 0.982. The van der Waals surface area contributed by atoms with Crippen LogP contribution in [0.4, 0.5) is 4.79 Å². The molecular formula is C17H21N3O3. The monoisotopic (exact) mass is 315 g/mol. The van der Waals surface area contributed by atoms with Gasteiger partial charge in [0.05, 0.1) is 0 Å². The molecule has 122 valence electrons. The van der Waals surface area contributed by atoms with Crippen LogP contribution in [0.2, 0.25) is 0 Å². The van der Waals surface area contributed by atoms with Crippen LogP contribution < -0.4 is 5.32 Å². The maximum Gasteiger partial charge on any atom is 0.337 e. The molecule has 0 aromatic heterocycles. The number of nitrogens with one attached hydrogen (secondary N) is 1. The van der Waals surface area contributed by atoms with Crippen LogP contribution in [0.3, 0.4) is 0 Å². The first-order valence-electron chi connectivity index (χ1n) is 7.70. The highest BCUT2D eigenvalue weighted by atomic mass is 16.4. The molecule has 1 N–H and O–H groups in total. The Labute approximate surface area is 135 Å². The lowest BCUT2D eigenvalue weighted by Crippen LogP contribution is -2.29. The minimum absolute atomic E-state index is 0.0218. The first kappa shape index (κ1) is 16.8. The third-order valence-electron chi connectivity index (χ3n) is 4.19. The van der Waals surface area contributed by atoms with Crippen LogP contribution in [0.25, 0.3) is 5.01 Å². The summed E-state index contributed by atoms with van der Waals surface area (Å²) in [6, 6.07) is 4.24. The number of Topliss-reactive ketones (excluding diaryl/α,β-unsaturated/α-hetero) is 1. The average molecular weight is 315 g/mol. The molecule has 0 spiro atoms. The highest BCUT2D eigenvalue weighted by molar-refractivity contribution is 5.99. The largest absolute Gasteiger partial charge is 0.498 e. The second kappa shape index (κ2) is 7.14. The lowest BCUT2D eigenvalue weighted by molar-refractivity contribution is 0.0975. The van der Waals surface area contributed by atoms with Crippen LogP contribution in [0.1, 0.15) is 45.5 Å². The molecule has 2 rings (SSSR count). The highest BCUT2D eigenvalue weighted by Crippen LogP contribution is 2.23. The van der Waals surface area contributed by atoms with E-state index in [4.69, 9.17) is 0 Å². The van der Waals surface area contributed by atoms with E-state index in [-0.39, 0.29) is 11.8 Å². The maximum atomic E-state index is 12.6. The van der Waals surface area contributed by atoms with Gasteiger partial charge < -0.3 is 15.4 Å². The van der Waals surface area contributed by atoms with Gasteiger partial charge in [-0.05, 0) is 43.9 Å². The van der Waals surface area contributed by atoms with Crippen molar-refractivity contribution in [3.63, 3.8) is 0 Å². The van der Waals surface area contributed by atoms with Crippen LogP contribution >= 0.6 is 0 Å². The molecule has 2 amide bonds. The smallest absolute Gasteiger partial charge is 0.337 e. The van der Waals surface area contributed by atoms with Crippen molar-refractivity contribution in [2.24, 2.45) is 0 Å². The normalized spacial score (nSPS) is 13.5. The van der Waals surface area contributed by atoms with E-state index in [9.17, 15) is 14.8 Å². The van der Waals surface area contributed by atoms with Gasteiger partial charge in [0, 0.05) is 36.6 Å². The molecule has 1 saturated heterocycles. The summed E-state index contributed by atoms with van der Waals surface area (Å²) in [5.74, 6) is 0.0218. The number of aryl methyl sites for hydroxylation is 2. The van der Waals surface area contributed by atoms with Crippen molar-refractivity contribution in [1.82, 2.24) is 10.2 Å². The van der Waals surface area contributed by atoms with Gasteiger partial charge in [0.1, 0.15) is 5.56 Å². The molecule has 6 heteroatoms. The standard InChI is InChI=1S/C17H21N3O3/c1-11-9-12(2)16(13(3)14(11)10-19-23)15(21)5-4-7-20-8-6-18-17(20)22/h9H,4-8H2,1-3H3,(H,18,22). The third kappa shape index (κ3) is 3.62. The number of carbonyl (C=O) groups is 2. The van der Waals surface area contributed by atoms with E-state index in [1.807, 2.05) is 26.8 Å². The van der Waals surface area contributed by atoms with Gasteiger partial charge in [0.25, 0.3) is 0 Å². The second-order valence-electron chi connectivity index (χ2n) is 5.83. The van der Waals surface area contributed by atoms with Crippen LogP contribution in [-0.2, 0) is 0 Å². The minimum atomic E-state index is -0.0660. The lowest BCUT2D eigenvalue weighted by Gasteiger charge is -2.15. The van der Waals surface area contributed by atoms with Gasteiger partial charge in [0.2, 0.25) is 0 Å². The van der Waals surface area contributed by atoms with Crippen LogP contribution in [0, 0.1) is 32.0 Å². The number of benzene rings is 1. The fraction of sp³-hybridized carbons (Fsp3) is 0.471. The van der Waals surface area contributed by atoms with Gasteiger partial charge >= 0.3 is 12.1 Å². The average Bonchev–Trinajstić information content (AvgIpc) is 2.89. The predicted octanol–water partition coefficient (Wildman–Crippen LogP) is 2.78. The Balaban J connectivity index is 2.10. The number of hydrogen-bond acceptors (Lipinski definition) is 3. The lowest BCUT2D eigenvalue weighted by atomic mass is 9.90. The SMILES string of the molecule is Cc1cc(C)c(C(=O)CCCN2CCNC2=O)c(C)c1C#[N+][O-]. The quantitative estimate of drug-likeness (QED) is 0.670. The molecule has 0 saturated carbocycles. The Morgan fingerprint density at radius 1 is 1.39 bits per heavy atom. The molecule has 1 aromatic rings. The van der Waals surface area contributed by atoms with Crippen molar-refractivity contribution in [3.8, 4) is 6.07 Å². The molecule has 1 aliphatic rings. The van der Waals surface area contributed by atoms with Crippen molar-refractivity contribution in [3.05, 3.63) is 44.1 Å². The van der Waals surface area contributed by atoms with Gasteiger partial charge in [-0.3, -0.25) is 4.79 Å². The van der Waals surface area contributed by atoms with E-state index in [1.54, 1.807) is 4.90 Å². The van der Waals surface area contributed by atoms with Crippen LogP contribution in [0.5, 0.6) is 0 Å². The molecule has 0 atom stereocenters. The number of nitrogens with zero attached hydrogens (tertiary/aromatic N) is 2. The van der Waals surface area contributed by atoms with Gasteiger partial charge in [-0.15, -0.1) is 0 Å². The minimum Gasteiger partial charge on any atom is -0.498 e. The summed E-state index contributed by atoms with van der Waals surface area (Å²) < 4.78 is 0. The molecule has 1 aliphatic heterocycles. The van der Waals surface area contributed by atoms with Crippen molar-refractivity contribution in [2.75, 3.05) is 19.6 Å². The number of hydrogen-bond donors (Lipinski definition) is 1. The number of amides is 2. The highest BCUT2D eigenvalue weighted by Gasteiger charge is 2.21. The zero-order chi connectivity index (χ0) is 17.0. The Kier molecular flexibility index (Phi) is 5.22. The van der Waals surface area contributed by atoms with Crippen LogP contribution in [0.15, 0.2) is 6.07 Å². The zero-order valence-electron chi connectivity index (χ0n) is 13.7. The maximum absolute atomic E-state index is 12.6. The summed E-state index contributed by atoms with van der Waals surface area (Å²) in [6.45, 7) is 7.50. The van der Waals surface area contributed by atoms with Crippen molar-refractivity contribution >= 4 is 11.8 Å². The van der Waals surface area contributed by atoms with Crippen LogP contribution in [-0.4, -0.2) is 36.3 Å². The van der Waals surface area contributed by atoms with Crippen molar-refractivity contribution < 1.29 is 9.59 Å². The fourth-order valence-corrected chi connectivity index (χ4v) is 3.11. The molecule has 23 heavy (non-hydrogen) atoms. The fourth-order valence-electron chi connectivity index (χ4n) is 3.11. The summed E-state index contributed by atoms with van der Waals surface area (Å²) in [5.41, 5.74) is 3.73. The molecule has 6 nitrogen and oxygen atoms in total. The van der Waals surface area contributed by atoms with E-state index < -0.39 is 0 Å². The molecule has 1 heterocycles. The second-order valence-corrected chi connectivity index (χ2v) is 5.83. The van der Waals surface area contributed by atoms with Gasteiger partial charge in [-0.1, -0.05) is 6.07 Å². The van der Waals surface area contributed by atoms with Gasteiger partial charge in [0.15, 0.2) is 5.78 Å². The molecule has 0 unspecified atom stereocenters. The Morgan fingerprint density at radius 2 is 2.13 bits per heavy atom. The summed E-state index contributed by atoms with van der Waals surface area (Å²) in [5, 5.41) is 16.0. The van der Waals surface area contributed by atoms with E-state index in [0.717, 1.165) is 16.7 Å². The molecule has 0 aliphatic carbocycles. The summed E-state index contributed by atoms with van der Waals surface area (Å²) in [4.78, 5) is 25.7. The summed E-state index contributed by atoms with van der Waals surface area (Å²) in [7, 11) is 0.